The molecule has 1 unspecified atom stereocenters. The SMILES string of the molecule is O=C(C1CCCC1)N1CCCC1c1nnc2ccccn12. The third-order valence-electron chi connectivity index (χ3n) is 4.88. The molecular formula is C16H20N4O. The third kappa shape index (κ3) is 2.11. The van der Waals surface area contributed by atoms with Crippen LogP contribution in [0.4, 0.5) is 0 Å². The van der Waals surface area contributed by atoms with Gasteiger partial charge in [-0.3, -0.25) is 9.20 Å². The lowest BCUT2D eigenvalue weighted by molar-refractivity contribution is -0.136. The quantitative estimate of drug-likeness (QED) is 0.851. The highest BCUT2D eigenvalue weighted by Crippen LogP contribution is 2.35. The van der Waals surface area contributed by atoms with Crippen molar-refractivity contribution in [1.82, 2.24) is 19.5 Å². The van der Waals surface area contributed by atoms with Crippen molar-refractivity contribution in [3.8, 4) is 0 Å². The van der Waals surface area contributed by atoms with Crippen LogP contribution in [0.15, 0.2) is 24.4 Å². The maximum absolute atomic E-state index is 12.8. The number of hydrogen-bond acceptors (Lipinski definition) is 3. The number of pyridine rings is 1. The van der Waals surface area contributed by atoms with E-state index in [9.17, 15) is 4.79 Å². The van der Waals surface area contributed by atoms with Crippen LogP contribution in [0.5, 0.6) is 0 Å². The van der Waals surface area contributed by atoms with Crippen LogP contribution < -0.4 is 0 Å². The van der Waals surface area contributed by atoms with Gasteiger partial charge in [-0.1, -0.05) is 18.9 Å². The molecule has 21 heavy (non-hydrogen) atoms. The summed E-state index contributed by atoms with van der Waals surface area (Å²) in [6.45, 7) is 0.863. The van der Waals surface area contributed by atoms with E-state index in [-0.39, 0.29) is 12.0 Å². The lowest BCUT2D eigenvalue weighted by atomic mass is 10.1. The molecular weight excluding hydrogens is 264 g/mol. The van der Waals surface area contributed by atoms with Gasteiger partial charge in [0.25, 0.3) is 0 Å². The standard InChI is InChI=1S/C16H20N4O/c21-16(12-6-1-2-7-12)19-11-5-8-13(19)15-18-17-14-9-3-4-10-20(14)15/h3-4,9-10,12-13H,1-2,5-8,11H2. The largest absolute Gasteiger partial charge is 0.332 e. The molecule has 110 valence electrons. The molecule has 0 bridgehead atoms. The van der Waals surface area contributed by atoms with Crippen LogP contribution in [0.25, 0.3) is 5.65 Å². The average Bonchev–Trinajstić information content (AvgIpc) is 3.25. The molecule has 0 N–H and O–H groups in total. The lowest BCUT2D eigenvalue weighted by Gasteiger charge is -2.26. The molecule has 1 aliphatic heterocycles. The zero-order chi connectivity index (χ0) is 14.2. The Kier molecular flexibility index (Phi) is 3.13. The molecule has 1 saturated carbocycles. The van der Waals surface area contributed by atoms with Crippen molar-refractivity contribution in [3.05, 3.63) is 30.2 Å². The summed E-state index contributed by atoms with van der Waals surface area (Å²) >= 11 is 0. The first-order chi connectivity index (χ1) is 10.3. The van der Waals surface area contributed by atoms with Gasteiger partial charge in [0.1, 0.15) is 0 Å². The summed E-state index contributed by atoms with van der Waals surface area (Å²) < 4.78 is 2.02. The number of fused-ring (bicyclic) bond motifs is 1. The predicted octanol–water partition coefficient (Wildman–Crippen LogP) is 2.58. The van der Waals surface area contributed by atoms with Crippen molar-refractivity contribution < 1.29 is 4.79 Å². The number of likely N-dealkylation sites (tertiary alicyclic amines) is 1. The van der Waals surface area contributed by atoms with Gasteiger partial charge in [-0.25, -0.2) is 0 Å². The Morgan fingerprint density at radius 1 is 1.10 bits per heavy atom. The van der Waals surface area contributed by atoms with E-state index in [2.05, 4.69) is 15.1 Å². The first-order valence-corrected chi connectivity index (χ1v) is 7.95. The molecule has 2 aromatic rings. The normalized spacial score (nSPS) is 23.2. The van der Waals surface area contributed by atoms with Crippen molar-refractivity contribution >= 4 is 11.6 Å². The van der Waals surface area contributed by atoms with Gasteiger partial charge in [-0.2, -0.15) is 0 Å². The maximum atomic E-state index is 12.8. The first kappa shape index (κ1) is 12.8. The van der Waals surface area contributed by atoms with Gasteiger partial charge < -0.3 is 4.90 Å². The van der Waals surface area contributed by atoms with Crippen molar-refractivity contribution in [2.75, 3.05) is 6.54 Å². The highest BCUT2D eigenvalue weighted by molar-refractivity contribution is 5.79. The van der Waals surface area contributed by atoms with E-state index in [0.717, 1.165) is 43.7 Å². The number of amides is 1. The Bertz CT molecular complexity index is 659. The Morgan fingerprint density at radius 3 is 2.81 bits per heavy atom. The highest BCUT2D eigenvalue weighted by Gasteiger charge is 2.37. The highest BCUT2D eigenvalue weighted by atomic mass is 16.2. The summed E-state index contributed by atoms with van der Waals surface area (Å²) in [5.41, 5.74) is 0.854. The molecule has 0 aromatic carbocycles. The molecule has 0 radical (unpaired) electrons. The van der Waals surface area contributed by atoms with E-state index < -0.39 is 0 Å². The second-order valence-electron chi connectivity index (χ2n) is 6.16. The van der Waals surface area contributed by atoms with Crippen LogP contribution in [0.3, 0.4) is 0 Å². The van der Waals surface area contributed by atoms with E-state index in [4.69, 9.17) is 0 Å². The molecule has 2 aliphatic rings. The summed E-state index contributed by atoms with van der Waals surface area (Å²) in [6, 6.07) is 5.99. The second kappa shape index (κ2) is 5.13. The topological polar surface area (TPSA) is 50.5 Å². The number of aromatic nitrogens is 3. The van der Waals surface area contributed by atoms with Crippen molar-refractivity contribution in [2.45, 2.75) is 44.6 Å². The lowest BCUT2D eigenvalue weighted by Crippen LogP contribution is -2.35. The summed E-state index contributed by atoms with van der Waals surface area (Å²) in [5, 5.41) is 8.59. The van der Waals surface area contributed by atoms with Gasteiger partial charge in [-0.15, -0.1) is 10.2 Å². The molecule has 1 aliphatic carbocycles. The van der Waals surface area contributed by atoms with E-state index >= 15 is 0 Å². The van der Waals surface area contributed by atoms with Crippen LogP contribution in [0.2, 0.25) is 0 Å². The Morgan fingerprint density at radius 2 is 1.95 bits per heavy atom. The van der Waals surface area contributed by atoms with Crippen molar-refractivity contribution in [1.29, 1.82) is 0 Å². The van der Waals surface area contributed by atoms with Gasteiger partial charge in [0.05, 0.1) is 6.04 Å². The maximum Gasteiger partial charge on any atom is 0.226 e. The smallest absolute Gasteiger partial charge is 0.226 e. The summed E-state index contributed by atoms with van der Waals surface area (Å²) in [7, 11) is 0. The molecule has 2 fully saturated rings. The molecule has 1 amide bonds. The number of carbonyl (C=O) groups is 1. The van der Waals surface area contributed by atoms with E-state index in [1.165, 1.54) is 12.8 Å². The van der Waals surface area contributed by atoms with Gasteiger partial charge in [-0.05, 0) is 37.8 Å². The van der Waals surface area contributed by atoms with E-state index in [1.54, 1.807) is 0 Å². The minimum Gasteiger partial charge on any atom is -0.332 e. The summed E-state index contributed by atoms with van der Waals surface area (Å²) in [6.07, 6.45) is 8.55. The molecule has 4 rings (SSSR count). The second-order valence-corrected chi connectivity index (χ2v) is 6.16. The monoisotopic (exact) mass is 284 g/mol. The third-order valence-corrected chi connectivity index (χ3v) is 4.88. The molecule has 1 atom stereocenters. The summed E-state index contributed by atoms with van der Waals surface area (Å²) in [5.74, 6) is 1.49. The fourth-order valence-electron chi connectivity index (χ4n) is 3.79. The number of hydrogen-bond donors (Lipinski definition) is 0. The fourth-order valence-corrected chi connectivity index (χ4v) is 3.79. The average molecular weight is 284 g/mol. The van der Waals surface area contributed by atoms with Gasteiger partial charge in [0, 0.05) is 18.7 Å². The van der Waals surface area contributed by atoms with Crippen molar-refractivity contribution in [2.24, 2.45) is 5.92 Å². The Labute approximate surface area is 124 Å². The van der Waals surface area contributed by atoms with Crippen LogP contribution in [0, 0.1) is 5.92 Å². The molecule has 0 spiro atoms. The minimum atomic E-state index is 0.0931. The first-order valence-electron chi connectivity index (χ1n) is 7.95. The van der Waals surface area contributed by atoms with Gasteiger partial charge >= 0.3 is 0 Å². The molecule has 1 saturated heterocycles. The van der Waals surface area contributed by atoms with Crippen molar-refractivity contribution in [3.63, 3.8) is 0 Å². The minimum absolute atomic E-state index is 0.0931. The Hall–Kier alpha value is -1.91. The van der Waals surface area contributed by atoms with Crippen LogP contribution in [-0.4, -0.2) is 31.9 Å². The molecule has 2 aromatic heterocycles. The van der Waals surface area contributed by atoms with Crippen LogP contribution in [0.1, 0.15) is 50.4 Å². The zero-order valence-electron chi connectivity index (χ0n) is 12.1. The van der Waals surface area contributed by atoms with E-state index in [0.29, 0.717) is 5.91 Å². The number of nitrogens with zero attached hydrogens (tertiary/aromatic N) is 4. The summed E-state index contributed by atoms with van der Waals surface area (Å²) in [4.78, 5) is 14.8. The van der Waals surface area contributed by atoms with Gasteiger partial charge in [0.15, 0.2) is 11.5 Å². The molecule has 3 heterocycles. The predicted molar refractivity (Wildman–Crippen MR) is 78.6 cm³/mol. The number of rotatable bonds is 2. The van der Waals surface area contributed by atoms with Crippen LogP contribution >= 0.6 is 0 Å². The molecule has 5 heteroatoms. The van der Waals surface area contributed by atoms with Crippen LogP contribution in [-0.2, 0) is 4.79 Å². The zero-order valence-corrected chi connectivity index (χ0v) is 12.1. The van der Waals surface area contributed by atoms with E-state index in [1.807, 2.05) is 28.8 Å². The molecule has 5 nitrogen and oxygen atoms in total. The fraction of sp³-hybridized carbons (Fsp3) is 0.562. The van der Waals surface area contributed by atoms with Gasteiger partial charge in [0.2, 0.25) is 5.91 Å². The number of carbonyl (C=O) groups excluding carboxylic acids is 1. The Balaban J connectivity index is 1.65.